The summed E-state index contributed by atoms with van der Waals surface area (Å²) in [6.07, 6.45) is -2.24. The molecule has 5 nitrogen and oxygen atoms in total. The molecule has 0 aliphatic rings. The van der Waals surface area contributed by atoms with Crippen LogP contribution in [-0.2, 0) is 19.1 Å². The molecule has 3 rings (SSSR count). The molecule has 31 heavy (non-hydrogen) atoms. The maximum atomic E-state index is 12.8. The minimum Gasteiger partial charge on any atom is -0.439 e. The van der Waals surface area contributed by atoms with E-state index in [-0.39, 0.29) is 0 Å². The van der Waals surface area contributed by atoms with Crippen LogP contribution in [0.15, 0.2) is 66.9 Å². The third-order valence-electron chi connectivity index (χ3n) is 4.66. The molecule has 8 heteroatoms. The molecule has 1 amide bonds. The first kappa shape index (κ1) is 22.3. The van der Waals surface area contributed by atoms with Crippen molar-refractivity contribution < 1.29 is 22.7 Å². The second kappa shape index (κ2) is 9.61. The number of amides is 1. The van der Waals surface area contributed by atoms with Gasteiger partial charge in [0.25, 0.3) is 0 Å². The van der Waals surface area contributed by atoms with E-state index in [0.29, 0.717) is 35.8 Å². The summed E-state index contributed by atoms with van der Waals surface area (Å²) in [5.41, 5.74) is 6.54. The van der Waals surface area contributed by atoms with Crippen molar-refractivity contribution in [2.45, 2.75) is 19.1 Å². The Kier molecular flexibility index (Phi) is 6.91. The number of hydrogen-bond acceptors (Lipinski definition) is 4. The van der Waals surface area contributed by atoms with Gasteiger partial charge >= 0.3 is 6.18 Å². The molecule has 2 aromatic carbocycles. The van der Waals surface area contributed by atoms with E-state index in [1.807, 2.05) is 36.2 Å². The summed E-state index contributed by atoms with van der Waals surface area (Å²) in [6, 6.07) is 16.0. The lowest BCUT2D eigenvalue weighted by Gasteiger charge is -2.18. The van der Waals surface area contributed by atoms with Crippen LogP contribution in [0.25, 0.3) is 0 Å². The Hall–Kier alpha value is -3.39. The number of halogens is 3. The molecule has 0 saturated carbocycles. The number of primary amides is 1. The van der Waals surface area contributed by atoms with Crippen molar-refractivity contribution >= 4 is 5.91 Å². The molecule has 0 bridgehead atoms. The number of hydrogen-bond donors (Lipinski definition) is 1. The van der Waals surface area contributed by atoms with Gasteiger partial charge in [0, 0.05) is 25.4 Å². The van der Waals surface area contributed by atoms with Gasteiger partial charge < -0.3 is 15.4 Å². The number of nitrogens with zero attached hydrogens (tertiary/aromatic N) is 2. The quantitative estimate of drug-likeness (QED) is 0.565. The van der Waals surface area contributed by atoms with Crippen LogP contribution in [0, 0.1) is 0 Å². The fourth-order valence-electron chi connectivity index (χ4n) is 2.99. The molecule has 0 aliphatic heterocycles. The number of likely N-dealkylation sites (N-methyl/N-ethyl adjacent to an activating group) is 1. The fourth-order valence-corrected chi connectivity index (χ4v) is 2.99. The highest BCUT2D eigenvalue weighted by molar-refractivity contribution is 5.92. The summed E-state index contributed by atoms with van der Waals surface area (Å²) in [7, 11) is 1.87. The Morgan fingerprint density at radius 1 is 1.06 bits per heavy atom. The highest BCUT2D eigenvalue weighted by Crippen LogP contribution is 2.29. The Labute approximate surface area is 178 Å². The maximum absolute atomic E-state index is 12.8. The number of carbonyl (C=O) groups is 1. The van der Waals surface area contributed by atoms with Gasteiger partial charge in [0.1, 0.15) is 5.75 Å². The highest BCUT2D eigenvalue weighted by Gasteiger charge is 2.30. The molecular formula is C23H22F3N3O2. The molecular weight excluding hydrogens is 407 g/mol. The highest BCUT2D eigenvalue weighted by atomic mass is 19.4. The molecule has 0 fully saturated rings. The summed E-state index contributed by atoms with van der Waals surface area (Å²) in [5.74, 6) is 0.389. The topological polar surface area (TPSA) is 68.5 Å². The summed E-state index contributed by atoms with van der Waals surface area (Å²) in [5, 5.41) is 0. The van der Waals surface area contributed by atoms with Crippen molar-refractivity contribution in [1.82, 2.24) is 9.88 Å². The second-order valence-electron chi connectivity index (χ2n) is 7.18. The van der Waals surface area contributed by atoms with E-state index in [9.17, 15) is 18.0 Å². The Morgan fingerprint density at radius 2 is 1.81 bits per heavy atom. The lowest BCUT2D eigenvalue weighted by atomic mass is 10.1. The average molecular weight is 429 g/mol. The molecule has 2 N–H and O–H groups in total. The molecule has 0 unspecified atom stereocenters. The van der Waals surface area contributed by atoms with Crippen LogP contribution in [-0.4, -0.2) is 29.4 Å². The number of rotatable bonds is 8. The zero-order valence-corrected chi connectivity index (χ0v) is 16.9. The zero-order valence-electron chi connectivity index (χ0n) is 16.9. The number of ether oxygens (including phenoxy) is 1. The first-order valence-electron chi connectivity index (χ1n) is 9.58. The van der Waals surface area contributed by atoms with E-state index in [1.165, 1.54) is 18.3 Å². The number of carbonyl (C=O) groups excluding carboxylic acids is 1. The van der Waals surface area contributed by atoms with Crippen LogP contribution in [0.2, 0.25) is 0 Å². The molecule has 0 atom stereocenters. The predicted molar refractivity (Wildman–Crippen MR) is 111 cm³/mol. The van der Waals surface area contributed by atoms with E-state index in [2.05, 4.69) is 4.98 Å². The maximum Gasteiger partial charge on any atom is 0.416 e. The molecule has 0 radical (unpaired) electrons. The van der Waals surface area contributed by atoms with Crippen molar-refractivity contribution in [3.8, 4) is 11.6 Å². The van der Waals surface area contributed by atoms with Crippen LogP contribution in [0.4, 0.5) is 13.2 Å². The van der Waals surface area contributed by atoms with Crippen molar-refractivity contribution in [3.05, 3.63) is 89.1 Å². The van der Waals surface area contributed by atoms with Crippen LogP contribution in [0.1, 0.15) is 27.0 Å². The first-order chi connectivity index (χ1) is 14.7. The third-order valence-corrected chi connectivity index (χ3v) is 4.66. The number of alkyl halides is 3. The molecule has 0 spiro atoms. The molecule has 1 aromatic heterocycles. The van der Waals surface area contributed by atoms with Gasteiger partial charge in [-0.3, -0.25) is 4.79 Å². The minimum atomic E-state index is -4.34. The number of aromatic nitrogens is 1. The molecule has 0 aliphatic carbocycles. The van der Waals surface area contributed by atoms with E-state index in [0.717, 1.165) is 18.1 Å². The van der Waals surface area contributed by atoms with E-state index in [1.54, 1.807) is 18.2 Å². The second-order valence-corrected chi connectivity index (χ2v) is 7.18. The van der Waals surface area contributed by atoms with Gasteiger partial charge in [-0.05, 0) is 48.9 Å². The van der Waals surface area contributed by atoms with Gasteiger partial charge in [-0.25, -0.2) is 4.98 Å². The predicted octanol–water partition coefficient (Wildman–Crippen LogP) is 4.67. The largest absolute Gasteiger partial charge is 0.439 e. The summed E-state index contributed by atoms with van der Waals surface area (Å²) >= 11 is 0. The minimum absolute atomic E-state index is 0.303. The van der Waals surface area contributed by atoms with Gasteiger partial charge in [-0.15, -0.1) is 0 Å². The van der Waals surface area contributed by atoms with Gasteiger partial charge in [-0.2, -0.15) is 13.2 Å². The lowest BCUT2D eigenvalue weighted by Crippen LogP contribution is -2.21. The smallest absolute Gasteiger partial charge is 0.416 e. The van der Waals surface area contributed by atoms with Gasteiger partial charge in [-0.1, -0.05) is 30.3 Å². The van der Waals surface area contributed by atoms with Gasteiger partial charge in [0.15, 0.2) is 0 Å². The summed E-state index contributed by atoms with van der Waals surface area (Å²) < 4.78 is 44.2. The van der Waals surface area contributed by atoms with Crippen LogP contribution in [0.5, 0.6) is 11.6 Å². The lowest BCUT2D eigenvalue weighted by molar-refractivity contribution is -0.137. The Balaban J connectivity index is 1.51. The van der Waals surface area contributed by atoms with E-state index >= 15 is 0 Å². The average Bonchev–Trinajstić information content (AvgIpc) is 2.73. The SMILES string of the molecule is CN(CCc1ccc(Oc2ccc(C(N)=O)cn2)cc1)Cc1cccc(C(F)(F)F)c1. The van der Waals surface area contributed by atoms with Crippen molar-refractivity contribution in [2.75, 3.05) is 13.6 Å². The third kappa shape index (κ3) is 6.55. The normalized spacial score (nSPS) is 11.5. The van der Waals surface area contributed by atoms with Crippen LogP contribution >= 0.6 is 0 Å². The molecule has 0 saturated heterocycles. The number of nitrogens with two attached hydrogens (primary N) is 1. The van der Waals surface area contributed by atoms with Crippen LogP contribution in [0.3, 0.4) is 0 Å². The first-order valence-corrected chi connectivity index (χ1v) is 9.58. The van der Waals surface area contributed by atoms with E-state index in [4.69, 9.17) is 10.5 Å². The van der Waals surface area contributed by atoms with Gasteiger partial charge in [0.05, 0.1) is 11.1 Å². The zero-order chi connectivity index (χ0) is 22.4. The Morgan fingerprint density at radius 3 is 2.42 bits per heavy atom. The fraction of sp³-hybridized carbons (Fsp3) is 0.217. The van der Waals surface area contributed by atoms with Crippen molar-refractivity contribution in [3.63, 3.8) is 0 Å². The van der Waals surface area contributed by atoms with Crippen molar-refractivity contribution in [2.24, 2.45) is 5.73 Å². The Bertz CT molecular complexity index is 1020. The summed E-state index contributed by atoms with van der Waals surface area (Å²) in [4.78, 5) is 17.1. The van der Waals surface area contributed by atoms with Crippen LogP contribution < -0.4 is 10.5 Å². The number of benzene rings is 2. The monoisotopic (exact) mass is 429 g/mol. The van der Waals surface area contributed by atoms with E-state index < -0.39 is 17.6 Å². The molecule has 3 aromatic rings. The van der Waals surface area contributed by atoms with Crippen molar-refractivity contribution in [1.29, 1.82) is 0 Å². The standard InChI is InChI=1S/C23H22F3N3O2/c1-29(15-17-3-2-4-19(13-17)23(24,25)26)12-11-16-5-8-20(9-6-16)31-21-10-7-18(14-28-21)22(27)30/h2-10,13-14H,11-12,15H2,1H3,(H2,27,30). The number of pyridine rings is 1. The summed E-state index contributed by atoms with van der Waals surface area (Å²) in [6.45, 7) is 1.12. The van der Waals surface area contributed by atoms with Gasteiger partial charge in [0.2, 0.25) is 11.8 Å². The molecule has 1 heterocycles. The molecule has 162 valence electrons.